The van der Waals surface area contributed by atoms with Crippen LogP contribution in [0.25, 0.3) is 0 Å². The molecule has 0 unspecified atom stereocenters. The van der Waals surface area contributed by atoms with Crippen LogP contribution in [0.2, 0.25) is 0 Å². The smallest absolute Gasteiger partial charge is 0.225 e. The number of hydrogen-bond donors (Lipinski definition) is 2. The van der Waals surface area contributed by atoms with Crippen molar-refractivity contribution in [3.63, 3.8) is 0 Å². The highest BCUT2D eigenvalue weighted by Gasteiger charge is 2.04. The maximum absolute atomic E-state index is 5.44. The molecule has 0 fully saturated rings. The van der Waals surface area contributed by atoms with Crippen LogP contribution in [0.4, 0.5) is 17.5 Å². The van der Waals surface area contributed by atoms with E-state index in [1.54, 1.807) is 6.26 Å². The van der Waals surface area contributed by atoms with Crippen molar-refractivity contribution in [3.05, 3.63) is 60.2 Å². The quantitative estimate of drug-likeness (QED) is 0.681. The van der Waals surface area contributed by atoms with Crippen LogP contribution < -0.4 is 15.4 Å². The van der Waals surface area contributed by atoms with E-state index < -0.39 is 0 Å². The first-order valence-corrected chi connectivity index (χ1v) is 7.85. The molecule has 3 rings (SSSR count). The van der Waals surface area contributed by atoms with Crippen molar-refractivity contribution >= 4 is 17.5 Å². The molecule has 0 saturated carbocycles. The molecule has 0 radical (unpaired) electrons. The molecule has 3 aromatic rings. The van der Waals surface area contributed by atoms with Gasteiger partial charge in [-0.1, -0.05) is 0 Å². The van der Waals surface area contributed by atoms with Gasteiger partial charge in [0.25, 0.3) is 0 Å². The van der Waals surface area contributed by atoms with Crippen LogP contribution in [-0.2, 0) is 6.54 Å². The number of nitrogens with zero attached hydrogens (tertiary/aromatic N) is 2. The van der Waals surface area contributed by atoms with Gasteiger partial charge in [-0.05, 0) is 50.2 Å². The summed E-state index contributed by atoms with van der Waals surface area (Å²) in [4.78, 5) is 8.87. The van der Waals surface area contributed by atoms with Crippen molar-refractivity contribution in [1.29, 1.82) is 0 Å². The van der Waals surface area contributed by atoms with Gasteiger partial charge in [-0.3, -0.25) is 0 Å². The Morgan fingerprint density at radius 3 is 2.67 bits per heavy atom. The van der Waals surface area contributed by atoms with E-state index in [2.05, 4.69) is 20.6 Å². The van der Waals surface area contributed by atoms with Crippen LogP contribution in [0.1, 0.15) is 18.4 Å². The van der Waals surface area contributed by atoms with E-state index in [4.69, 9.17) is 9.15 Å². The van der Waals surface area contributed by atoms with Crippen molar-refractivity contribution in [1.82, 2.24) is 9.97 Å². The molecule has 0 spiro atoms. The van der Waals surface area contributed by atoms with E-state index in [-0.39, 0.29) is 0 Å². The number of ether oxygens (including phenoxy) is 1. The van der Waals surface area contributed by atoms with E-state index in [0.717, 1.165) is 28.7 Å². The van der Waals surface area contributed by atoms with Gasteiger partial charge in [0.15, 0.2) is 0 Å². The lowest BCUT2D eigenvalue weighted by atomic mass is 10.3. The summed E-state index contributed by atoms with van der Waals surface area (Å²) < 4.78 is 10.7. The maximum Gasteiger partial charge on any atom is 0.225 e. The molecule has 0 aliphatic heterocycles. The Hall–Kier alpha value is -3.02. The van der Waals surface area contributed by atoms with Gasteiger partial charge >= 0.3 is 0 Å². The van der Waals surface area contributed by atoms with Gasteiger partial charge in [0, 0.05) is 17.4 Å². The fraction of sp³-hybridized carbons (Fsp3) is 0.222. The third-order valence-corrected chi connectivity index (χ3v) is 3.29. The van der Waals surface area contributed by atoms with Crippen LogP contribution in [-0.4, -0.2) is 16.6 Å². The Kier molecular flexibility index (Phi) is 4.96. The maximum atomic E-state index is 5.44. The zero-order valence-corrected chi connectivity index (χ0v) is 13.7. The third-order valence-electron chi connectivity index (χ3n) is 3.29. The number of nitrogens with one attached hydrogen (secondary N) is 2. The molecule has 0 saturated heterocycles. The van der Waals surface area contributed by atoms with Gasteiger partial charge in [-0.2, -0.15) is 4.98 Å². The predicted octanol–water partition coefficient (Wildman–Crippen LogP) is 4.13. The second-order valence-corrected chi connectivity index (χ2v) is 5.23. The first kappa shape index (κ1) is 15.9. The van der Waals surface area contributed by atoms with Crippen molar-refractivity contribution in [3.8, 4) is 5.75 Å². The Morgan fingerprint density at radius 2 is 1.96 bits per heavy atom. The zero-order chi connectivity index (χ0) is 16.8. The molecule has 6 nitrogen and oxygen atoms in total. The highest BCUT2D eigenvalue weighted by Crippen LogP contribution is 2.20. The Balaban J connectivity index is 1.68. The minimum Gasteiger partial charge on any atom is -0.494 e. The number of furan rings is 1. The normalized spacial score (nSPS) is 10.4. The lowest BCUT2D eigenvalue weighted by Gasteiger charge is -2.10. The SMILES string of the molecule is CCOc1ccc(Nc2cc(C)nc(NCc3ccco3)n2)cc1. The molecule has 124 valence electrons. The summed E-state index contributed by atoms with van der Waals surface area (Å²) in [5.74, 6) is 2.97. The fourth-order valence-corrected chi connectivity index (χ4v) is 2.24. The molecule has 0 bridgehead atoms. The van der Waals surface area contributed by atoms with E-state index in [9.17, 15) is 0 Å². The first-order chi connectivity index (χ1) is 11.7. The van der Waals surface area contributed by atoms with E-state index in [1.807, 2.05) is 56.3 Å². The average molecular weight is 324 g/mol. The third kappa shape index (κ3) is 4.25. The lowest BCUT2D eigenvalue weighted by Crippen LogP contribution is -2.05. The van der Waals surface area contributed by atoms with E-state index >= 15 is 0 Å². The van der Waals surface area contributed by atoms with Crippen LogP contribution in [0, 0.1) is 6.92 Å². The van der Waals surface area contributed by atoms with Gasteiger partial charge in [-0.25, -0.2) is 4.98 Å². The summed E-state index contributed by atoms with van der Waals surface area (Å²) in [6.07, 6.45) is 1.65. The summed E-state index contributed by atoms with van der Waals surface area (Å²) in [7, 11) is 0. The number of benzene rings is 1. The molecule has 6 heteroatoms. The summed E-state index contributed by atoms with van der Waals surface area (Å²) in [6.45, 7) is 5.09. The molecule has 0 aliphatic rings. The number of aryl methyl sites for hydroxylation is 1. The molecule has 2 N–H and O–H groups in total. The first-order valence-electron chi connectivity index (χ1n) is 7.85. The second-order valence-electron chi connectivity index (χ2n) is 5.23. The summed E-state index contributed by atoms with van der Waals surface area (Å²) in [5, 5.41) is 6.44. The van der Waals surface area contributed by atoms with Crippen LogP contribution in [0.3, 0.4) is 0 Å². The molecule has 0 amide bonds. The molecule has 24 heavy (non-hydrogen) atoms. The molecule has 0 aliphatic carbocycles. The topological polar surface area (TPSA) is 72.2 Å². The van der Waals surface area contributed by atoms with Gasteiger partial charge in [0.1, 0.15) is 17.3 Å². The number of hydrogen-bond acceptors (Lipinski definition) is 6. The summed E-state index contributed by atoms with van der Waals surface area (Å²) in [6, 6.07) is 13.4. The molecule has 2 aromatic heterocycles. The molecule has 2 heterocycles. The molecule has 1 aromatic carbocycles. The molecular weight excluding hydrogens is 304 g/mol. The largest absolute Gasteiger partial charge is 0.494 e. The van der Waals surface area contributed by atoms with Gasteiger partial charge in [0.2, 0.25) is 5.95 Å². The minimum atomic E-state index is 0.541. The summed E-state index contributed by atoms with van der Waals surface area (Å²) >= 11 is 0. The van der Waals surface area contributed by atoms with Gasteiger partial charge < -0.3 is 19.8 Å². The van der Waals surface area contributed by atoms with Crippen LogP contribution in [0.5, 0.6) is 5.75 Å². The fourth-order valence-electron chi connectivity index (χ4n) is 2.24. The lowest BCUT2D eigenvalue weighted by molar-refractivity contribution is 0.340. The van der Waals surface area contributed by atoms with Crippen LogP contribution >= 0.6 is 0 Å². The number of aromatic nitrogens is 2. The van der Waals surface area contributed by atoms with Crippen molar-refractivity contribution in [2.75, 3.05) is 17.2 Å². The number of rotatable bonds is 7. The highest BCUT2D eigenvalue weighted by molar-refractivity contribution is 5.58. The number of anilines is 3. The minimum absolute atomic E-state index is 0.541. The average Bonchev–Trinajstić information content (AvgIpc) is 3.08. The molecule has 0 atom stereocenters. The standard InChI is InChI=1S/C18H20N4O2/c1-3-23-15-8-6-14(7-9-15)21-17-11-13(2)20-18(22-17)19-12-16-5-4-10-24-16/h4-11H,3,12H2,1-2H3,(H2,19,20,21,22). The van der Waals surface area contributed by atoms with Crippen molar-refractivity contribution < 1.29 is 9.15 Å². The van der Waals surface area contributed by atoms with Crippen LogP contribution in [0.15, 0.2) is 53.1 Å². The summed E-state index contributed by atoms with van der Waals surface area (Å²) in [5.41, 5.74) is 1.81. The van der Waals surface area contributed by atoms with Gasteiger partial charge in [-0.15, -0.1) is 0 Å². The Labute approximate surface area is 140 Å². The van der Waals surface area contributed by atoms with Crippen molar-refractivity contribution in [2.24, 2.45) is 0 Å². The Bertz CT molecular complexity index is 770. The zero-order valence-electron chi connectivity index (χ0n) is 13.7. The predicted molar refractivity (Wildman–Crippen MR) is 93.7 cm³/mol. The van der Waals surface area contributed by atoms with Gasteiger partial charge in [0.05, 0.1) is 19.4 Å². The molecular formula is C18H20N4O2. The van der Waals surface area contributed by atoms with Crippen molar-refractivity contribution in [2.45, 2.75) is 20.4 Å². The Morgan fingerprint density at radius 1 is 1.12 bits per heavy atom. The highest BCUT2D eigenvalue weighted by atomic mass is 16.5. The van der Waals surface area contributed by atoms with E-state index in [1.165, 1.54) is 0 Å². The van der Waals surface area contributed by atoms with E-state index in [0.29, 0.717) is 19.1 Å². The monoisotopic (exact) mass is 324 g/mol. The second kappa shape index (κ2) is 7.50.